The Morgan fingerprint density at radius 1 is 1.78 bits per heavy atom. The molecule has 0 aliphatic carbocycles. The molecule has 0 rings (SSSR count). The van der Waals surface area contributed by atoms with E-state index in [2.05, 4.69) is 31.0 Å². The molecule has 0 aromatic carbocycles. The lowest BCUT2D eigenvalue weighted by molar-refractivity contribution is -0.368. The van der Waals surface area contributed by atoms with Crippen LogP contribution < -0.4 is 11.5 Å². The quantitative estimate of drug-likeness (QED) is 0.528. The molecule has 0 spiro atoms. The highest BCUT2D eigenvalue weighted by Gasteiger charge is 1.71. The van der Waals surface area contributed by atoms with Gasteiger partial charge in [0.1, 0.15) is 0 Å². The molecular formula is C5H14N2OS. The normalized spacial score (nSPS) is 7.33. The van der Waals surface area contributed by atoms with E-state index >= 15 is 0 Å². The van der Waals surface area contributed by atoms with Gasteiger partial charge in [-0.15, -0.1) is 0 Å². The molecule has 5 N–H and O–H groups in total. The van der Waals surface area contributed by atoms with E-state index in [9.17, 15) is 0 Å². The van der Waals surface area contributed by atoms with E-state index in [1.54, 1.807) is 0 Å². The third-order valence-corrected chi connectivity index (χ3v) is 0.604. The highest BCUT2D eigenvalue weighted by atomic mass is 32.1. The summed E-state index contributed by atoms with van der Waals surface area (Å²) in [6.07, 6.45) is 2.56. The fourth-order valence-electron chi connectivity index (χ4n) is 0.250. The van der Waals surface area contributed by atoms with Crippen LogP contribution in [-0.4, -0.2) is 11.8 Å². The molecule has 9 heavy (non-hydrogen) atoms. The molecule has 0 aliphatic heterocycles. The molecule has 1 amide bonds. The van der Waals surface area contributed by atoms with Gasteiger partial charge in [-0.3, -0.25) is 0 Å². The average molecular weight is 150 g/mol. The summed E-state index contributed by atoms with van der Waals surface area (Å²) in [7, 11) is 0. The summed E-state index contributed by atoms with van der Waals surface area (Å²) in [6, 6.07) is 0. The number of quaternary nitrogens is 1. The van der Waals surface area contributed by atoms with Crippen molar-refractivity contribution in [2.45, 2.75) is 19.8 Å². The minimum absolute atomic E-state index is 0.750. The van der Waals surface area contributed by atoms with Crippen LogP contribution >= 0.6 is 0 Å². The molecule has 56 valence electrons. The second-order valence-electron chi connectivity index (χ2n) is 1.53. The van der Waals surface area contributed by atoms with E-state index in [-0.39, 0.29) is 0 Å². The Labute approximate surface area is 61.2 Å². The van der Waals surface area contributed by atoms with Crippen LogP contribution in [0.1, 0.15) is 19.8 Å². The molecule has 0 radical (unpaired) electrons. The van der Waals surface area contributed by atoms with Gasteiger partial charge in [0.2, 0.25) is 0 Å². The first kappa shape index (κ1) is 11.4. The molecule has 0 saturated heterocycles. The summed E-state index contributed by atoms with van der Waals surface area (Å²) >= 11 is 3.76. The van der Waals surface area contributed by atoms with Crippen LogP contribution in [0.3, 0.4) is 0 Å². The molecule has 3 nitrogen and oxygen atoms in total. The van der Waals surface area contributed by atoms with Crippen molar-refractivity contribution in [2.24, 2.45) is 5.73 Å². The maximum absolute atomic E-state index is 9.04. The minimum atomic E-state index is -0.750. The predicted octanol–water partition coefficient (Wildman–Crippen LogP) is -0.360. The van der Waals surface area contributed by atoms with Gasteiger partial charge in [-0.2, -0.15) is 0 Å². The summed E-state index contributed by atoms with van der Waals surface area (Å²) in [5.41, 5.74) is 7.96. The number of nitrogens with two attached hydrogens (primary N) is 1. The number of unbranched alkanes of at least 4 members (excludes halogenated alkanes) is 1. The smallest absolute Gasteiger partial charge is 0.0954 e. The van der Waals surface area contributed by atoms with Crippen LogP contribution in [0.25, 0.3) is 0 Å². The van der Waals surface area contributed by atoms with Gasteiger partial charge >= 0.3 is 0 Å². The van der Waals surface area contributed by atoms with Crippen LogP contribution in [0, 0.1) is 0 Å². The highest BCUT2D eigenvalue weighted by Crippen LogP contribution is 1.75. The number of hydrogen-bond donors (Lipinski definition) is 2. The van der Waals surface area contributed by atoms with Crippen molar-refractivity contribution in [1.82, 2.24) is 0 Å². The van der Waals surface area contributed by atoms with Gasteiger partial charge in [-0.25, -0.2) is 0 Å². The third-order valence-electron chi connectivity index (χ3n) is 0.604. The zero-order chi connectivity index (χ0) is 7.70. The van der Waals surface area contributed by atoms with Crippen molar-refractivity contribution in [3.05, 3.63) is 0 Å². The van der Waals surface area contributed by atoms with E-state index in [0.29, 0.717) is 0 Å². The maximum Gasteiger partial charge on any atom is 0.0954 e. The zero-order valence-corrected chi connectivity index (χ0v) is 6.54. The first-order valence-electron chi connectivity index (χ1n) is 2.90. The second kappa shape index (κ2) is 10.6. The Bertz CT molecular complexity index is 62.0. The highest BCUT2D eigenvalue weighted by molar-refractivity contribution is 7.76. The van der Waals surface area contributed by atoms with Gasteiger partial charge in [0.05, 0.1) is 11.8 Å². The van der Waals surface area contributed by atoms with Crippen LogP contribution in [0.2, 0.25) is 0 Å². The van der Waals surface area contributed by atoms with Crippen LogP contribution in [0.5, 0.6) is 0 Å². The van der Waals surface area contributed by atoms with Crippen molar-refractivity contribution >= 4 is 17.9 Å². The first-order valence-corrected chi connectivity index (χ1v) is 3.31. The van der Waals surface area contributed by atoms with Crippen LogP contribution in [0.4, 0.5) is 4.79 Å². The Kier molecular flexibility index (Phi) is 13.5. The summed E-state index contributed by atoms with van der Waals surface area (Å²) in [4.78, 5) is 9.04. The molecule has 0 heterocycles. The van der Waals surface area contributed by atoms with Crippen molar-refractivity contribution in [2.75, 3.05) is 6.54 Å². The molecule has 0 bridgehead atoms. The van der Waals surface area contributed by atoms with Crippen molar-refractivity contribution < 1.29 is 10.5 Å². The first-order chi connectivity index (χ1) is 4.15. The SMILES string of the molecule is CCCC[NH3+].NC(=O)[S-]. The van der Waals surface area contributed by atoms with Crippen molar-refractivity contribution in [3.8, 4) is 0 Å². The van der Waals surface area contributed by atoms with E-state index < -0.39 is 5.24 Å². The standard InChI is InChI=1S/C4H11N.CH3NOS/c1-2-3-4-5;2-1(3)4/h2-5H2,1H3;(H3,2,3,4). The van der Waals surface area contributed by atoms with Gasteiger partial charge in [0, 0.05) is 0 Å². The summed E-state index contributed by atoms with van der Waals surface area (Å²) in [5, 5.41) is -0.750. The summed E-state index contributed by atoms with van der Waals surface area (Å²) in [5.74, 6) is 0. The second-order valence-corrected chi connectivity index (χ2v) is 1.93. The topological polar surface area (TPSA) is 70.7 Å². The fraction of sp³-hybridized carbons (Fsp3) is 0.800. The molecule has 0 aliphatic rings. The summed E-state index contributed by atoms with van der Waals surface area (Å²) in [6.45, 7) is 3.27. The molecular weight excluding hydrogens is 136 g/mol. The Morgan fingerprint density at radius 2 is 2.11 bits per heavy atom. The predicted molar refractivity (Wildman–Crippen MR) is 39.6 cm³/mol. The lowest BCUT2D eigenvalue weighted by Crippen LogP contribution is -2.49. The van der Waals surface area contributed by atoms with E-state index in [1.165, 1.54) is 12.8 Å². The minimum Gasteiger partial charge on any atom is -0.719 e. The van der Waals surface area contributed by atoms with Crippen molar-refractivity contribution in [1.29, 1.82) is 0 Å². The van der Waals surface area contributed by atoms with E-state index in [0.717, 1.165) is 6.54 Å². The number of carbonyl (C=O) groups is 1. The lowest BCUT2D eigenvalue weighted by atomic mass is 10.3. The molecule has 0 aromatic rings. The molecule has 0 saturated carbocycles. The molecule has 0 fully saturated rings. The van der Waals surface area contributed by atoms with E-state index in [1.807, 2.05) is 0 Å². The van der Waals surface area contributed by atoms with Gasteiger partial charge in [0.25, 0.3) is 0 Å². The number of primary amides is 1. The van der Waals surface area contributed by atoms with Crippen LogP contribution in [-0.2, 0) is 12.6 Å². The number of rotatable bonds is 2. The molecule has 0 unspecified atom stereocenters. The third kappa shape index (κ3) is 89.7. The largest absolute Gasteiger partial charge is 0.719 e. The monoisotopic (exact) mass is 150 g/mol. The Balaban J connectivity index is 0. The van der Waals surface area contributed by atoms with Gasteiger partial charge in [-0.05, 0) is 6.42 Å². The van der Waals surface area contributed by atoms with Gasteiger partial charge in [0.15, 0.2) is 0 Å². The van der Waals surface area contributed by atoms with E-state index in [4.69, 9.17) is 4.79 Å². The molecule has 0 atom stereocenters. The fourth-order valence-corrected chi connectivity index (χ4v) is 0.250. The zero-order valence-electron chi connectivity index (χ0n) is 5.72. The number of amides is 1. The van der Waals surface area contributed by atoms with Gasteiger partial charge < -0.3 is 28.9 Å². The maximum atomic E-state index is 9.04. The number of carbonyl (C=O) groups excluding carboxylic acids is 1. The lowest BCUT2D eigenvalue weighted by Gasteiger charge is -1.83. The average Bonchev–Trinajstić information content (AvgIpc) is 1.66. The number of hydrogen-bond acceptors (Lipinski definition) is 2. The van der Waals surface area contributed by atoms with Gasteiger partial charge in [-0.1, -0.05) is 13.3 Å². The van der Waals surface area contributed by atoms with Crippen molar-refractivity contribution in [3.63, 3.8) is 0 Å². The molecule has 4 heteroatoms. The Hall–Kier alpha value is -0.350. The molecule has 0 aromatic heterocycles. The van der Waals surface area contributed by atoms with Crippen LogP contribution in [0.15, 0.2) is 0 Å². The summed E-state index contributed by atoms with van der Waals surface area (Å²) < 4.78 is 0. The Morgan fingerprint density at radius 3 is 2.11 bits per heavy atom.